The summed E-state index contributed by atoms with van der Waals surface area (Å²) in [6.07, 6.45) is 0.952. The number of aliphatic hydroxyl groups is 1. The summed E-state index contributed by atoms with van der Waals surface area (Å²) in [5, 5.41) is 12.9. The number of hydrogen-bond acceptors (Lipinski definition) is 4. The number of hydrogen-bond donors (Lipinski definition) is 2. The minimum Gasteiger partial charge on any atom is -0.467 e. The van der Waals surface area contributed by atoms with Crippen LogP contribution in [0.4, 0.5) is 4.79 Å². The van der Waals surface area contributed by atoms with E-state index in [9.17, 15) is 9.90 Å². The number of amides is 2. The van der Waals surface area contributed by atoms with Crippen molar-refractivity contribution in [1.29, 1.82) is 0 Å². The first-order valence-corrected chi connectivity index (χ1v) is 7.05. The molecule has 0 aliphatic carbocycles. The zero-order chi connectivity index (χ0) is 14.5. The molecule has 0 spiro atoms. The van der Waals surface area contributed by atoms with Gasteiger partial charge in [0, 0.05) is 38.8 Å². The molecule has 1 aromatic rings. The molecule has 2 amide bonds. The van der Waals surface area contributed by atoms with E-state index in [1.54, 1.807) is 18.4 Å². The van der Waals surface area contributed by atoms with Crippen LogP contribution >= 0.6 is 0 Å². The average molecular weight is 281 g/mol. The monoisotopic (exact) mass is 281 g/mol. The average Bonchev–Trinajstić information content (AvgIpc) is 2.92. The maximum absolute atomic E-state index is 11.9. The molecule has 0 unspecified atom stereocenters. The number of piperazine rings is 1. The van der Waals surface area contributed by atoms with E-state index in [-0.39, 0.29) is 12.1 Å². The predicted molar refractivity (Wildman–Crippen MR) is 75.3 cm³/mol. The van der Waals surface area contributed by atoms with Gasteiger partial charge in [0.2, 0.25) is 0 Å². The minimum absolute atomic E-state index is 0.00812. The molecule has 1 aromatic heterocycles. The normalized spacial score (nSPS) is 18.3. The topological polar surface area (TPSA) is 69.0 Å². The van der Waals surface area contributed by atoms with Crippen LogP contribution in [0.15, 0.2) is 22.8 Å². The Morgan fingerprint density at radius 2 is 2.10 bits per heavy atom. The van der Waals surface area contributed by atoms with Crippen molar-refractivity contribution in [3.8, 4) is 0 Å². The summed E-state index contributed by atoms with van der Waals surface area (Å²) in [4.78, 5) is 15.8. The van der Waals surface area contributed by atoms with Crippen LogP contribution in [0.2, 0.25) is 0 Å². The molecule has 0 saturated carbocycles. The molecule has 2 rings (SSSR count). The van der Waals surface area contributed by atoms with Gasteiger partial charge in [-0.1, -0.05) is 0 Å². The van der Waals surface area contributed by atoms with Crippen molar-refractivity contribution in [2.24, 2.45) is 0 Å². The number of nitrogens with one attached hydrogen (secondary N) is 1. The number of carbonyl (C=O) groups is 1. The molecule has 2 N–H and O–H groups in total. The lowest BCUT2D eigenvalue weighted by Gasteiger charge is -2.35. The highest BCUT2D eigenvalue weighted by Gasteiger charge is 2.23. The van der Waals surface area contributed by atoms with E-state index >= 15 is 0 Å². The van der Waals surface area contributed by atoms with Crippen LogP contribution in [0.3, 0.4) is 0 Å². The number of furan rings is 1. The quantitative estimate of drug-likeness (QED) is 0.865. The summed E-state index contributed by atoms with van der Waals surface area (Å²) >= 11 is 0. The molecule has 0 bridgehead atoms. The van der Waals surface area contributed by atoms with Crippen LogP contribution < -0.4 is 5.32 Å². The SMILES string of the molecule is CC(C)NC(=O)N1CCN(C[C@H](O)c2ccco2)CC1. The highest BCUT2D eigenvalue weighted by molar-refractivity contribution is 5.74. The summed E-state index contributed by atoms with van der Waals surface area (Å²) in [5.41, 5.74) is 0. The number of rotatable bonds is 4. The van der Waals surface area contributed by atoms with Crippen molar-refractivity contribution >= 4 is 6.03 Å². The molecule has 0 radical (unpaired) electrons. The number of aliphatic hydroxyl groups excluding tert-OH is 1. The molecule has 1 fully saturated rings. The van der Waals surface area contributed by atoms with E-state index in [2.05, 4.69) is 10.2 Å². The Morgan fingerprint density at radius 1 is 1.40 bits per heavy atom. The first-order chi connectivity index (χ1) is 9.56. The van der Waals surface area contributed by atoms with E-state index < -0.39 is 6.10 Å². The third kappa shape index (κ3) is 3.98. The molecule has 6 heteroatoms. The molecule has 20 heavy (non-hydrogen) atoms. The molecule has 2 heterocycles. The zero-order valence-corrected chi connectivity index (χ0v) is 12.1. The Bertz CT molecular complexity index is 411. The van der Waals surface area contributed by atoms with Gasteiger partial charge in [-0.3, -0.25) is 4.90 Å². The van der Waals surface area contributed by atoms with E-state index in [0.29, 0.717) is 25.4 Å². The Morgan fingerprint density at radius 3 is 2.65 bits per heavy atom. The Balaban J connectivity index is 1.75. The summed E-state index contributed by atoms with van der Waals surface area (Å²) in [5.74, 6) is 0.588. The molecular formula is C14H23N3O3. The maximum atomic E-state index is 11.9. The van der Waals surface area contributed by atoms with Crippen LogP contribution in [0.5, 0.6) is 0 Å². The van der Waals surface area contributed by atoms with Crippen LogP contribution in [-0.4, -0.2) is 59.7 Å². The van der Waals surface area contributed by atoms with Gasteiger partial charge in [-0.05, 0) is 26.0 Å². The lowest BCUT2D eigenvalue weighted by Crippen LogP contribution is -2.53. The number of urea groups is 1. The molecule has 1 atom stereocenters. The van der Waals surface area contributed by atoms with Gasteiger partial charge >= 0.3 is 6.03 Å². The van der Waals surface area contributed by atoms with E-state index in [1.807, 2.05) is 18.7 Å². The van der Waals surface area contributed by atoms with Crippen molar-refractivity contribution in [3.05, 3.63) is 24.2 Å². The van der Waals surface area contributed by atoms with Crippen molar-refractivity contribution in [2.45, 2.75) is 26.0 Å². The predicted octanol–water partition coefficient (Wildman–Crippen LogP) is 1.05. The lowest BCUT2D eigenvalue weighted by molar-refractivity contribution is 0.0689. The van der Waals surface area contributed by atoms with Crippen LogP contribution in [0.1, 0.15) is 25.7 Å². The fraction of sp³-hybridized carbons (Fsp3) is 0.643. The standard InChI is InChI=1S/C14H23N3O3/c1-11(2)15-14(19)17-7-5-16(6-8-17)10-12(18)13-4-3-9-20-13/h3-4,9,11-12,18H,5-8,10H2,1-2H3,(H,15,19)/t12-/m0/s1. The van der Waals surface area contributed by atoms with Crippen molar-refractivity contribution in [1.82, 2.24) is 15.1 Å². The van der Waals surface area contributed by atoms with Crippen molar-refractivity contribution in [2.75, 3.05) is 32.7 Å². The molecule has 6 nitrogen and oxygen atoms in total. The Kier molecular flexibility index (Phi) is 5.03. The van der Waals surface area contributed by atoms with Crippen LogP contribution in [0, 0.1) is 0 Å². The summed E-state index contributed by atoms with van der Waals surface area (Å²) in [7, 11) is 0. The molecule has 1 aliphatic heterocycles. The van der Waals surface area contributed by atoms with Gasteiger partial charge in [-0.15, -0.1) is 0 Å². The van der Waals surface area contributed by atoms with Gasteiger partial charge in [0.1, 0.15) is 11.9 Å². The second-order valence-corrected chi connectivity index (χ2v) is 5.42. The van der Waals surface area contributed by atoms with Gasteiger partial charge in [-0.2, -0.15) is 0 Å². The summed E-state index contributed by atoms with van der Waals surface area (Å²) < 4.78 is 5.19. The van der Waals surface area contributed by atoms with Gasteiger partial charge in [0.25, 0.3) is 0 Å². The maximum Gasteiger partial charge on any atom is 0.317 e. The first kappa shape index (κ1) is 14.9. The van der Waals surface area contributed by atoms with E-state index in [0.717, 1.165) is 13.1 Å². The third-order valence-corrected chi connectivity index (χ3v) is 3.37. The second kappa shape index (κ2) is 6.76. The van der Waals surface area contributed by atoms with Gasteiger partial charge < -0.3 is 19.7 Å². The molecular weight excluding hydrogens is 258 g/mol. The lowest BCUT2D eigenvalue weighted by atomic mass is 10.2. The summed E-state index contributed by atoms with van der Waals surface area (Å²) in [6.45, 7) is 7.34. The number of carbonyl (C=O) groups excluding carboxylic acids is 1. The molecule has 1 aliphatic rings. The largest absolute Gasteiger partial charge is 0.467 e. The minimum atomic E-state index is -0.610. The zero-order valence-electron chi connectivity index (χ0n) is 12.1. The smallest absolute Gasteiger partial charge is 0.317 e. The van der Waals surface area contributed by atoms with E-state index in [1.165, 1.54) is 0 Å². The van der Waals surface area contributed by atoms with Gasteiger partial charge in [0.05, 0.1) is 6.26 Å². The van der Waals surface area contributed by atoms with E-state index in [4.69, 9.17) is 4.42 Å². The Hall–Kier alpha value is -1.53. The third-order valence-electron chi connectivity index (χ3n) is 3.37. The fourth-order valence-corrected chi connectivity index (χ4v) is 2.29. The van der Waals surface area contributed by atoms with Gasteiger partial charge in [0.15, 0.2) is 0 Å². The van der Waals surface area contributed by atoms with Crippen molar-refractivity contribution < 1.29 is 14.3 Å². The molecule has 1 saturated heterocycles. The van der Waals surface area contributed by atoms with Crippen LogP contribution in [0.25, 0.3) is 0 Å². The highest BCUT2D eigenvalue weighted by atomic mass is 16.4. The summed E-state index contributed by atoms with van der Waals surface area (Å²) in [6, 6.07) is 3.69. The molecule has 112 valence electrons. The van der Waals surface area contributed by atoms with Crippen molar-refractivity contribution in [3.63, 3.8) is 0 Å². The number of nitrogens with zero attached hydrogens (tertiary/aromatic N) is 2. The second-order valence-electron chi connectivity index (χ2n) is 5.42. The fourth-order valence-electron chi connectivity index (χ4n) is 2.29. The highest BCUT2D eigenvalue weighted by Crippen LogP contribution is 2.15. The van der Waals surface area contributed by atoms with Crippen LogP contribution in [-0.2, 0) is 0 Å². The molecule has 0 aromatic carbocycles. The number of β-amino-alcohol motifs (C(OH)–C–C–N with tert-alkyl or cyclic N) is 1. The Labute approximate surface area is 119 Å². The van der Waals surface area contributed by atoms with Gasteiger partial charge in [-0.25, -0.2) is 4.79 Å². The first-order valence-electron chi connectivity index (χ1n) is 7.05.